The highest BCUT2D eigenvalue weighted by Gasteiger charge is 2.25. The van der Waals surface area contributed by atoms with E-state index in [0.717, 1.165) is 11.3 Å². The van der Waals surface area contributed by atoms with E-state index in [1.165, 1.54) is 41.2 Å². The highest BCUT2D eigenvalue weighted by molar-refractivity contribution is 6.05. The molecule has 0 aliphatic heterocycles. The summed E-state index contributed by atoms with van der Waals surface area (Å²) < 4.78 is 14.5. The molecule has 0 bridgehead atoms. The van der Waals surface area contributed by atoms with Crippen LogP contribution in [0.2, 0.25) is 0 Å². The second-order valence-corrected chi connectivity index (χ2v) is 6.50. The van der Waals surface area contributed by atoms with E-state index >= 15 is 0 Å². The summed E-state index contributed by atoms with van der Waals surface area (Å²) in [6.45, 7) is 5.67. The van der Waals surface area contributed by atoms with E-state index in [1.54, 1.807) is 4.90 Å². The molecule has 6 heteroatoms. The molecule has 0 spiro atoms. The molecule has 0 saturated carbocycles. The topological polar surface area (TPSA) is 55.2 Å². The lowest BCUT2D eigenvalue weighted by molar-refractivity contribution is 0.0972. The van der Waals surface area contributed by atoms with Gasteiger partial charge < -0.3 is 4.90 Å². The maximum Gasteiger partial charge on any atom is 0.283 e. The van der Waals surface area contributed by atoms with Gasteiger partial charge >= 0.3 is 0 Å². The molecule has 2 aromatic carbocycles. The number of hydrogen-bond acceptors (Lipinski definition) is 3. The minimum absolute atomic E-state index is 0.167. The van der Waals surface area contributed by atoms with Crippen LogP contribution in [0.1, 0.15) is 29.9 Å². The Balaban J connectivity index is 2.07. The van der Waals surface area contributed by atoms with Gasteiger partial charge in [0.05, 0.1) is 5.69 Å². The Kier molecular flexibility index (Phi) is 5.16. The first kappa shape index (κ1) is 18.5. The van der Waals surface area contributed by atoms with Crippen molar-refractivity contribution in [2.24, 2.45) is 0 Å². The first-order valence-corrected chi connectivity index (χ1v) is 8.63. The molecule has 0 radical (unpaired) electrons. The molecule has 27 heavy (non-hydrogen) atoms. The molecular formula is C21H20FN3O2. The number of carbonyl (C=O) groups is 1. The zero-order valence-corrected chi connectivity index (χ0v) is 15.4. The van der Waals surface area contributed by atoms with Gasteiger partial charge in [-0.2, -0.15) is 5.10 Å². The largest absolute Gasteiger partial charge is 0.304 e. The predicted molar refractivity (Wildman–Crippen MR) is 103 cm³/mol. The van der Waals surface area contributed by atoms with Crippen LogP contribution in [0.4, 0.5) is 10.1 Å². The fourth-order valence-corrected chi connectivity index (χ4v) is 2.86. The molecule has 0 fully saturated rings. The molecule has 0 atom stereocenters. The van der Waals surface area contributed by atoms with E-state index in [1.807, 2.05) is 45.0 Å². The number of nitrogens with zero attached hydrogens (tertiary/aromatic N) is 3. The van der Waals surface area contributed by atoms with Crippen molar-refractivity contribution in [2.75, 3.05) is 4.90 Å². The number of amides is 1. The van der Waals surface area contributed by atoms with Crippen molar-refractivity contribution in [2.45, 2.75) is 26.8 Å². The number of hydrogen-bond donors (Lipinski definition) is 0. The Morgan fingerprint density at radius 3 is 2.37 bits per heavy atom. The first-order chi connectivity index (χ1) is 12.9. The van der Waals surface area contributed by atoms with Crippen LogP contribution in [0.25, 0.3) is 5.69 Å². The number of benzene rings is 2. The Morgan fingerprint density at radius 1 is 1.07 bits per heavy atom. The summed E-state index contributed by atoms with van der Waals surface area (Å²) in [5, 5.41) is 4.22. The van der Waals surface area contributed by atoms with Gasteiger partial charge in [-0.05, 0) is 56.7 Å². The van der Waals surface area contributed by atoms with Crippen molar-refractivity contribution in [3.05, 3.63) is 88.1 Å². The Bertz CT molecular complexity index is 1030. The van der Waals surface area contributed by atoms with Gasteiger partial charge in [0.25, 0.3) is 5.91 Å². The number of halogens is 1. The fraction of sp³-hybridized carbons (Fsp3) is 0.190. The van der Waals surface area contributed by atoms with Gasteiger partial charge in [-0.1, -0.05) is 18.2 Å². The minimum Gasteiger partial charge on any atom is -0.304 e. The zero-order valence-electron chi connectivity index (χ0n) is 15.4. The van der Waals surface area contributed by atoms with E-state index in [9.17, 15) is 14.0 Å². The first-order valence-electron chi connectivity index (χ1n) is 8.63. The van der Waals surface area contributed by atoms with Gasteiger partial charge in [-0.25, -0.2) is 9.07 Å². The Hall–Kier alpha value is -3.28. The molecule has 0 aliphatic rings. The molecular weight excluding hydrogens is 345 g/mol. The predicted octanol–water partition coefficient (Wildman–Crippen LogP) is 3.74. The number of carbonyl (C=O) groups excluding carboxylic acids is 1. The SMILES string of the molecule is Cc1ccccc1N(C(=O)c1nn(-c2ccc(F)cc2)ccc1=O)C(C)C. The summed E-state index contributed by atoms with van der Waals surface area (Å²) >= 11 is 0. The van der Waals surface area contributed by atoms with Gasteiger partial charge in [0, 0.05) is 24.0 Å². The van der Waals surface area contributed by atoms with Gasteiger partial charge in [0.15, 0.2) is 5.69 Å². The van der Waals surface area contributed by atoms with Crippen molar-refractivity contribution >= 4 is 11.6 Å². The number of anilines is 1. The lowest BCUT2D eigenvalue weighted by Crippen LogP contribution is -2.41. The normalized spacial score (nSPS) is 10.9. The van der Waals surface area contributed by atoms with Crippen molar-refractivity contribution < 1.29 is 9.18 Å². The number of aryl methyl sites for hydroxylation is 1. The summed E-state index contributed by atoms with van der Waals surface area (Å²) in [7, 11) is 0. The maximum atomic E-state index is 13.2. The summed E-state index contributed by atoms with van der Waals surface area (Å²) in [6.07, 6.45) is 1.46. The average Bonchev–Trinajstić information content (AvgIpc) is 2.64. The third-order valence-electron chi connectivity index (χ3n) is 4.21. The fourth-order valence-electron chi connectivity index (χ4n) is 2.86. The quantitative estimate of drug-likeness (QED) is 0.708. The van der Waals surface area contributed by atoms with Crippen LogP contribution < -0.4 is 10.3 Å². The van der Waals surface area contributed by atoms with E-state index in [4.69, 9.17) is 0 Å². The van der Waals surface area contributed by atoms with Crippen molar-refractivity contribution in [1.29, 1.82) is 0 Å². The lowest BCUT2D eigenvalue weighted by Gasteiger charge is -2.28. The molecule has 5 nitrogen and oxygen atoms in total. The minimum atomic E-state index is -0.472. The van der Waals surface area contributed by atoms with Crippen LogP contribution >= 0.6 is 0 Å². The highest BCUT2D eigenvalue weighted by Crippen LogP contribution is 2.23. The van der Waals surface area contributed by atoms with Gasteiger partial charge in [0.1, 0.15) is 5.82 Å². The molecule has 0 N–H and O–H groups in total. The van der Waals surface area contributed by atoms with E-state index in [0.29, 0.717) is 5.69 Å². The second-order valence-electron chi connectivity index (χ2n) is 6.50. The molecule has 0 aliphatic carbocycles. The number of rotatable bonds is 4. The summed E-state index contributed by atoms with van der Waals surface area (Å²) in [5.41, 5.74) is 1.57. The molecule has 0 saturated heterocycles. The van der Waals surface area contributed by atoms with E-state index < -0.39 is 11.3 Å². The average molecular weight is 365 g/mol. The lowest BCUT2D eigenvalue weighted by atomic mass is 10.1. The van der Waals surface area contributed by atoms with Crippen molar-refractivity contribution in [3.8, 4) is 5.69 Å². The molecule has 138 valence electrons. The Labute approximate surface area is 156 Å². The smallest absolute Gasteiger partial charge is 0.283 e. The van der Waals surface area contributed by atoms with Gasteiger partial charge in [-0.3, -0.25) is 9.59 Å². The van der Waals surface area contributed by atoms with E-state index in [2.05, 4.69) is 5.10 Å². The van der Waals surface area contributed by atoms with Crippen molar-refractivity contribution in [1.82, 2.24) is 9.78 Å². The van der Waals surface area contributed by atoms with E-state index in [-0.39, 0.29) is 17.6 Å². The van der Waals surface area contributed by atoms with Crippen LogP contribution in [0.5, 0.6) is 0 Å². The molecule has 3 aromatic rings. The maximum absolute atomic E-state index is 13.2. The highest BCUT2D eigenvalue weighted by atomic mass is 19.1. The second kappa shape index (κ2) is 7.53. The molecule has 1 heterocycles. The van der Waals surface area contributed by atoms with Crippen LogP contribution in [0, 0.1) is 12.7 Å². The standard InChI is InChI=1S/C21H20FN3O2/c1-14(2)25(18-7-5-4-6-15(18)3)21(27)20-19(26)12-13-24(23-20)17-10-8-16(22)9-11-17/h4-14H,1-3H3. The molecule has 3 rings (SSSR count). The van der Waals surface area contributed by atoms with Crippen LogP contribution in [-0.2, 0) is 0 Å². The third kappa shape index (κ3) is 3.79. The zero-order chi connectivity index (χ0) is 19.6. The van der Waals surface area contributed by atoms with Crippen LogP contribution in [0.15, 0.2) is 65.6 Å². The molecule has 0 unspecified atom stereocenters. The Morgan fingerprint density at radius 2 is 1.74 bits per heavy atom. The van der Waals surface area contributed by atoms with Gasteiger partial charge in [-0.15, -0.1) is 0 Å². The molecule has 1 aromatic heterocycles. The van der Waals surface area contributed by atoms with Crippen molar-refractivity contribution in [3.63, 3.8) is 0 Å². The third-order valence-corrected chi connectivity index (χ3v) is 4.21. The summed E-state index contributed by atoms with van der Waals surface area (Å²) in [4.78, 5) is 27.1. The summed E-state index contributed by atoms with van der Waals surface area (Å²) in [6, 6.07) is 14.3. The number of aromatic nitrogens is 2. The monoisotopic (exact) mass is 365 g/mol. The number of para-hydroxylation sites is 1. The van der Waals surface area contributed by atoms with Crippen LogP contribution in [0.3, 0.4) is 0 Å². The summed E-state index contributed by atoms with van der Waals surface area (Å²) in [5.74, 6) is -0.845. The molecule has 1 amide bonds. The van der Waals surface area contributed by atoms with Crippen LogP contribution in [-0.4, -0.2) is 21.7 Å². The van der Waals surface area contributed by atoms with Gasteiger partial charge in [0.2, 0.25) is 5.43 Å².